The van der Waals surface area contributed by atoms with Crippen LogP contribution in [0.4, 0.5) is 0 Å². The number of aromatic nitrogens is 1. The van der Waals surface area contributed by atoms with Crippen LogP contribution in [0.3, 0.4) is 0 Å². The minimum Gasteiger partial charge on any atom is -0.481 e. The fourth-order valence-corrected chi connectivity index (χ4v) is 4.11. The van der Waals surface area contributed by atoms with Crippen molar-refractivity contribution in [2.45, 2.75) is 44.9 Å². The van der Waals surface area contributed by atoms with Gasteiger partial charge < -0.3 is 14.4 Å². The number of methoxy groups -OCH3 is 2. The Morgan fingerprint density at radius 3 is 2.48 bits per heavy atom. The zero-order valence-electron chi connectivity index (χ0n) is 15.6. The van der Waals surface area contributed by atoms with Crippen molar-refractivity contribution in [3.05, 3.63) is 23.9 Å². The van der Waals surface area contributed by atoms with Gasteiger partial charge in [-0.3, -0.25) is 9.69 Å². The molecule has 2 aliphatic rings. The summed E-state index contributed by atoms with van der Waals surface area (Å²) in [6, 6.07) is 4.55. The first-order valence-electron chi connectivity index (χ1n) is 9.13. The fraction of sp³-hybridized carbons (Fsp3) is 0.684. The number of carbonyl (C=O) groups is 1. The first-order chi connectivity index (χ1) is 12.0. The quantitative estimate of drug-likeness (QED) is 0.816. The number of rotatable bonds is 5. The molecule has 0 N–H and O–H groups in total. The van der Waals surface area contributed by atoms with Crippen molar-refractivity contribution < 1.29 is 14.3 Å². The first kappa shape index (κ1) is 18.1. The number of pyridine rings is 1. The number of nitrogens with zero attached hydrogens (tertiary/aromatic N) is 3. The third-order valence-electron chi connectivity index (χ3n) is 5.62. The second kappa shape index (κ2) is 7.70. The monoisotopic (exact) mass is 347 g/mol. The molecule has 2 aliphatic heterocycles. The topological polar surface area (TPSA) is 54.9 Å². The summed E-state index contributed by atoms with van der Waals surface area (Å²) >= 11 is 0. The SMILES string of the molecule is COc1ccc(C(=O)N2CCC([C@H]3[C@@H](OC)CN3C(C)C)CC2)cn1. The number of ether oxygens (including phenoxy) is 2. The predicted molar refractivity (Wildman–Crippen MR) is 95.8 cm³/mol. The van der Waals surface area contributed by atoms with Gasteiger partial charge in [0.1, 0.15) is 0 Å². The highest BCUT2D eigenvalue weighted by Crippen LogP contribution is 2.35. The summed E-state index contributed by atoms with van der Waals surface area (Å²) in [5.74, 6) is 1.19. The minimum absolute atomic E-state index is 0.0613. The molecular weight excluding hydrogens is 318 g/mol. The van der Waals surface area contributed by atoms with Crippen molar-refractivity contribution >= 4 is 5.91 Å². The van der Waals surface area contributed by atoms with Crippen LogP contribution >= 0.6 is 0 Å². The van der Waals surface area contributed by atoms with Crippen molar-refractivity contribution in [1.82, 2.24) is 14.8 Å². The molecule has 2 atom stereocenters. The van der Waals surface area contributed by atoms with Crippen molar-refractivity contribution in [3.8, 4) is 5.88 Å². The molecule has 1 aromatic rings. The lowest BCUT2D eigenvalue weighted by molar-refractivity contribution is -0.128. The maximum absolute atomic E-state index is 12.7. The molecule has 0 radical (unpaired) electrons. The van der Waals surface area contributed by atoms with E-state index in [-0.39, 0.29) is 5.91 Å². The van der Waals surface area contributed by atoms with Crippen molar-refractivity contribution in [2.24, 2.45) is 5.92 Å². The minimum atomic E-state index is 0.0613. The molecule has 2 saturated heterocycles. The molecule has 1 aromatic heterocycles. The summed E-state index contributed by atoms with van der Waals surface area (Å²) in [7, 11) is 3.38. The molecule has 0 unspecified atom stereocenters. The van der Waals surface area contributed by atoms with Crippen LogP contribution in [-0.4, -0.2) is 72.7 Å². The van der Waals surface area contributed by atoms with Crippen LogP contribution in [0.15, 0.2) is 18.3 Å². The summed E-state index contributed by atoms with van der Waals surface area (Å²) in [5.41, 5.74) is 0.626. The standard InChI is InChI=1S/C19H29N3O3/c1-13(2)22-12-16(24-3)18(22)14-7-9-21(10-8-14)19(23)15-5-6-17(25-4)20-11-15/h5-6,11,13-14,16,18H,7-10,12H2,1-4H3/t16-,18-/m0/s1. The second-order valence-corrected chi connectivity index (χ2v) is 7.27. The van der Waals surface area contributed by atoms with Crippen molar-refractivity contribution in [2.75, 3.05) is 33.9 Å². The summed E-state index contributed by atoms with van der Waals surface area (Å²) in [5, 5.41) is 0. The average molecular weight is 347 g/mol. The van der Waals surface area contributed by atoms with Gasteiger partial charge in [0, 0.05) is 51.1 Å². The van der Waals surface area contributed by atoms with Crippen LogP contribution in [0.5, 0.6) is 5.88 Å². The van der Waals surface area contributed by atoms with E-state index >= 15 is 0 Å². The Bertz CT molecular complexity index is 582. The van der Waals surface area contributed by atoms with Gasteiger partial charge in [0.05, 0.1) is 18.8 Å². The summed E-state index contributed by atoms with van der Waals surface area (Å²) < 4.78 is 10.7. The highest BCUT2D eigenvalue weighted by Gasteiger charge is 2.45. The number of amides is 1. The molecular formula is C19H29N3O3. The Kier molecular flexibility index (Phi) is 5.59. The Labute approximate surface area is 150 Å². The van der Waals surface area contributed by atoms with Gasteiger partial charge in [-0.15, -0.1) is 0 Å². The molecule has 3 heterocycles. The van der Waals surface area contributed by atoms with E-state index in [2.05, 4.69) is 23.7 Å². The summed E-state index contributed by atoms with van der Waals surface area (Å²) in [4.78, 5) is 21.3. The maximum atomic E-state index is 12.7. The molecule has 0 aliphatic carbocycles. The Morgan fingerprint density at radius 1 is 1.24 bits per heavy atom. The molecule has 6 nitrogen and oxygen atoms in total. The third kappa shape index (κ3) is 3.65. The lowest BCUT2D eigenvalue weighted by atomic mass is 9.79. The lowest BCUT2D eigenvalue weighted by Gasteiger charge is -2.54. The zero-order valence-corrected chi connectivity index (χ0v) is 15.6. The summed E-state index contributed by atoms with van der Waals surface area (Å²) in [6.07, 6.45) is 3.99. The largest absolute Gasteiger partial charge is 0.481 e. The Hall–Kier alpha value is -1.66. The molecule has 0 bridgehead atoms. The van der Waals surface area contributed by atoms with Crippen LogP contribution in [0.25, 0.3) is 0 Å². The molecule has 138 valence electrons. The molecule has 0 spiro atoms. The van der Waals surface area contributed by atoms with Gasteiger partial charge in [-0.2, -0.15) is 0 Å². The van der Waals surface area contributed by atoms with E-state index in [1.807, 2.05) is 12.0 Å². The van der Waals surface area contributed by atoms with E-state index in [1.165, 1.54) is 0 Å². The highest BCUT2D eigenvalue weighted by atomic mass is 16.5. The number of likely N-dealkylation sites (tertiary alicyclic amines) is 2. The summed E-state index contributed by atoms with van der Waals surface area (Å²) in [6.45, 7) is 7.11. The van der Waals surface area contributed by atoms with Crippen LogP contribution < -0.4 is 4.74 Å². The van der Waals surface area contributed by atoms with Gasteiger partial charge in [-0.1, -0.05) is 0 Å². The first-order valence-corrected chi connectivity index (χ1v) is 9.13. The Morgan fingerprint density at radius 2 is 1.96 bits per heavy atom. The lowest BCUT2D eigenvalue weighted by Crippen LogP contribution is -2.66. The van der Waals surface area contributed by atoms with Gasteiger partial charge in [0.25, 0.3) is 5.91 Å². The van der Waals surface area contributed by atoms with Crippen LogP contribution in [-0.2, 0) is 4.74 Å². The van der Waals surface area contributed by atoms with Gasteiger partial charge >= 0.3 is 0 Å². The number of hydrogen-bond donors (Lipinski definition) is 0. The third-order valence-corrected chi connectivity index (χ3v) is 5.62. The number of hydrogen-bond acceptors (Lipinski definition) is 5. The highest BCUT2D eigenvalue weighted by molar-refractivity contribution is 5.94. The second-order valence-electron chi connectivity index (χ2n) is 7.27. The van der Waals surface area contributed by atoms with E-state index in [1.54, 1.807) is 25.4 Å². The molecule has 25 heavy (non-hydrogen) atoms. The Balaban J connectivity index is 1.58. The maximum Gasteiger partial charge on any atom is 0.255 e. The van der Waals surface area contributed by atoms with Gasteiger partial charge in [-0.05, 0) is 38.7 Å². The van der Waals surface area contributed by atoms with Crippen LogP contribution in [0.1, 0.15) is 37.0 Å². The molecule has 6 heteroatoms. The average Bonchev–Trinajstić information content (AvgIpc) is 2.61. The normalized spacial score (nSPS) is 25.1. The van der Waals surface area contributed by atoms with E-state index in [9.17, 15) is 4.79 Å². The molecule has 3 rings (SSSR count). The fourth-order valence-electron chi connectivity index (χ4n) is 4.11. The molecule has 0 aromatic carbocycles. The van der Waals surface area contributed by atoms with E-state index in [4.69, 9.17) is 9.47 Å². The molecule has 1 amide bonds. The molecule has 0 saturated carbocycles. The van der Waals surface area contributed by atoms with Gasteiger partial charge in [-0.25, -0.2) is 4.98 Å². The van der Waals surface area contributed by atoms with Crippen molar-refractivity contribution in [3.63, 3.8) is 0 Å². The zero-order chi connectivity index (χ0) is 18.0. The van der Waals surface area contributed by atoms with Gasteiger partial charge in [0.15, 0.2) is 0 Å². The number of carbonyl (C=O) groups excluding carboxylic acids is 1. The predicted octanol–water partition coefficient (Wildman–Crippen LogP) is 2.05. The smallest absolute Gasteiger partial charge is 0.255 e. The van der Waals surface area contributed by atoms with Crippen LogP contribution in [0.2, 0.25) is 0 Å². The molecule has 2 fully saturated rings. The van der Waals surface area contributed by atoms with Crippen molar-refractivity contribution in [1.29, 1.82) is 0 Å². The van der Waals surface area contributed by atoms with E-state index < -0.39 is 0 Å². The van der Waals surface area contributed by atoms with Gasteiger partial charge in [0.2, 0.25) is 5.88 Å². The van der Waals surface area contributed by atoms with Crippen LogP contribution in [0, 0.1) is 5.92 Å². The number of piperidine rings is 1. The van der Waals surface area contributed by atoms with E-state index in [0.29, 0.717) is 35.5 Å². The van der Waals surface area contributed by atoms with E-state index in [0.717, 1.165) is 32.5 Å².